The predicted octanol–water partition coefficient (Wildman–Crippen LogP) is 3.32. The van der Waals surface area contributed by atoms with Crippen LogP contribution in [-0.2, 0) is 16.0 Å². The molecule has 0 aliphatic carbocycles. The number of ether oxygens (including phenoxy) is 1. The van der Waals surface area contributed by atoms with Gasteiger partial charge in [-0.3, -0.25) is 4.79 Å². The molecule has 2 aliphatic heterocycles. The Morgan fingerprint density at radius 1 is 1.22 bits per heavy atom. The highest BCUT2D eigenvalue weighted by Crippen LogP contribution is 2.38. The molecular formula is C21H31N3O3. The van der Waals surface area contributed by atoms with Gasteiger partial charge in [0.05, 0.1) is 11.7 Å². The number of hydrogen-bond donors (Lipinski definition) is 2. The van der Waals surface area contributed by atoms with Gasteiger partial charge in [0, 0.05) is 32.2 Å². The van der Waals surface area contributed by atoms with Gasteiger partial charge in [0.15, 0.2) is 0 Å². The fourth-order valence-corrected chi connectivity index (χ4v) is 4.11. The summed E-state index contributed by atoms with van der Waals surface area (Å²) in [6.07, 6.45) is 5.79. The minimum atomic E-state index is -0.125. The van der Waals surface area contributed by atoms with Crippen LogP contribution < -0.4 is 10.6 Å². The summed E-state index contributed by atoms with van der Waals surface area (Å²) in [7, 11) is 0. The minimum Gasteiger partial charge on any atom is -0.370 e. The number of nitrogens with one attached hydrogen (secondary N) is 2. The first-order valence-electron chi connectivity index (χ1n) is 10.1. The lowest BCUT2D eigenvalue weighted by atomic mass is 9.88. The zero-order chi connectivity index (χ0) is 19.3. The molecule has 27 heavy (non-hydrogen) atoms. The third-order valence-corrected chi connectivity index (χ3v) is 5.66. The van der Waals surface area contributed by atoms with Crippen LogP contribution in [0.3, 0.4) is 0 Å². The number of carbonyl (C=O) groups is 2. The van der Waals surface area contributed by atoms with Crippen LogP contribution in [0.1, 0.15) is 51.5 Å². The van der Waals surface area contributed by atoms with Crippen LogP contribution in [-0.4, -0.2) is 48.2 Å². The topological polar surface area (TPSA) is 70.7 Å². The number of amides is 3. The molecule has 2 heterocycles. The number of carbonyl (C=O) groups excluding carboxylic acids is 2. The average Bonchev–Trinajstić information content (AvgIpc) is 3.05. The quantitative estimate of drug-likeness (QED) is 0.832. The summed E-state index contributed by atoms with van der Waals surface area (Å²) in [5, 5.41) is 5.93. The first-order valence-corrected chi connectivity index (χ1v) is 10.1. The van der Waals surface area contributed by atoms with Crippen molar-refractivity contribution < 1.29 is 14.3 Å². The van der Waals surface area contributed by atoms with E-state index in [4.69, 9.17) is 4.74 Å². The molecule has 1 atom stereocenters. The fourth-order valence-electron chi connectivity index (χ4n) is 4.11. The highest BCUT2D eigenvalue weighted by atomic mass is 16.5. The highest BCUT2D eigenvalue weighted by molar-refractivity contribution is 5.90. The summed E-state index contributed by atoms with van der Waals surface area (Å²) >= 11 is 0. The van der Waals surface area contributed by atoms with Crippen molar-refractivity contribution in [2.75, 3.05) is 25.0 Å². The number of anilines is 1. The Morgan fingerprint density at radius 2 is 1.96 bits per heavy atom. The van der Waals surface area contributed by atoms with Crippen LogP contribution in [0.25, 0.3) is 0 Å². The Kier molecular flexibility index (Phi) is 6.37. The average molecular weight is 373 g/mol. The highest BCUT2D eigenvalue weighted by Gasteiger charge is 2.43. The van der Waals surface area contributed by atoms with Crippen molar-refractivity contribution in [1.29, 1.82) is 0 Å². The number of urea groups is 1. The van der Waals surface area contributed by atoms with Gasteiger partial charge in [-0.15, -0.1) is 0 Å². The molecule has 0 saturated carbocycles. The number of piperidine rings is 1. The van der Waals surface area contributed by atoms with Crippen molar-refractivity contribution in [2.24, 2.45) is 0 Å². The Balaban J connectivity index is 1.51. The van der Waals surface area contributed by atoms with Crippen molar-refractivity contribution in [2.45, 2.75) is 64.1 Å². The summed E-state index contributed by atoms with van der Waals surface area (Å²) in [5.74, 6) is -0.0191. The first-order chi connectivity index (χ1) is 13.0. The van der Waals surface area contributed by atoms with Gasteiger partial charge in [0.25, 0.3) is 0 Å². The SMILES string of the molecule is CCCc1ccccc1NC(=O)N1CCC2(CCC(CNC(C)=O)O2)CC1. The Hall–Kier alpha value is -2.08. The first kappa shape index (κ1) is 19.7. The van der Waals surface area contributed by atoms with Crippen LogP contribution >= 0.6 is 0 Å². The standard InChI is InChI=1S/C21H31N3O3/c1-3-6-17-7-4-5-8-19(17)23-20(26)24-13-11-21(12-14-24)10-9-18(27-21)15-22-16(2)25/h4-5,7-8,18H,3,6,9-15H2,1-2H3,(H,22,25)(H,23,26). The molecule has 0 aromatic heterocycles. The molecule has 6 heteroatoms. The van der Waals surface area contributed by atoms with Crippen LogP contribution in [0.5, 0.6) is 0 Å². The molecule has 2 saturated heterocycles. The van der Waals surface area contributed by atoms with Gasteiger partial charge in [0.1, 0.15) is 0 Å². The van der Waals surface area contributed by atoms with E-state index in [0.29, 0.717) is 19.6 Å². The normalized spacial score (nSPS) is 21.3. The summed E-state index contributed by atoms with van der Waals surface area (Å²) in [6.45, 7) is 5.66. The molecule has 1 aromatic carbocycles. The molecule has 2 N–H and O–H groups in total. The predicted molar refractivity (Wildman–Crippen MR) is 106 cm³/mol. The number of aryl methyl sites for hydroxylation is 1. The van der Waals surface area contributed by atoms with Gasteiger partial charge in [0.2, 0.25) is 5.91 Å². The molecule has 1 aromatic rings. The molecule has 148 valence electrons. The Bertz CT molecular complexity index is 668. The van der Waals surface area contributed by atoms with Gasteiger partial charge in [-0.05, 0) is 43.7 Å². The second-order valence-electron chi connectivity index (χ2n) is 7.72. The largest absolute Gasteiger partial charge is 0.370 e. The minimum absolute atomic E-state index is 0.0191. The van der Waals surface area contributed by atoms with Gasteiger partial charge in [-0.1, -0.05) is 31.5 Å². The number of hydrogen-bond acceptors (Lipinski definition) is 3. The maximum absolute atomic E-state index is 12.7. The van der Waals surface area contributed by atoms with E-state index in [-0.39, 0.29) is 23.6 Å². The molecule has 3 rings (SSSR count). The summed E-state index contributed by atoms with van der Waals surface area (Å²) in [6, 6.07) is 8.00. The third-order valence-electron chi connectivity index (χ3n) is 5.66. The zero-order valence-electron chi connectivity index (χ0n) is 16.4. The van der Waals surface area contributed by atoms with E-state index in [2.05, 4.69) is 23.6 Å². The lowest BCUT2D eigenvalue weighted by Gasteiger charge is -2.39. The molecule has 0 radical (unpaired) electrons. The number of nitrogens with zero attached hydrogens (tertiary/aromatic N) is 1. The van der Waals surface area contributed by atoms with Crippen molar-refractivity contribution >= 4 is 17.6 Å². The van der Waals surface area contributed by atoms with Crippen LogP contribution in [0.2, 0.25) is 0 Å². The lowest BCUT2D eigenvalue weighted by Crippen LogP contribution is -2.48. The maximum atomic E-state index is 12.7. The maximum Gasteiger partial charge on any atom is 0.321 e. The lowest BCUT2D eigenvalue weighted by molar-refractivity contribution is -0.120. The second-order valence-corrected chi connectivity index (χ2v) is 7.72. The fraction of sp³-hybridized carbons (Fsp3) is 0.619. The van der Waals surface area contributed by atoms with Crippen LogP contribution in [0, 0.1) is 0 Å². The number of likely N-dealkylation sites (tertiary alicyclic amines) is 1. The Labute approximate surface area is 161 Å². The summed E-state index contributed by atoms with van der Waals surface area (Å²) < 4.78 is 6.26. The van der Waals surface area contributed by atoms with Crippen LogP contribution in [0.15, 0.2) is 24.3 Å². The number of benzene rings is 1. The van der Waals surface area contributed by atoms with Gasteiger partial charge in [-0.2, -0.15) is 0 Å². The number of rotatable bonds is 5. The van der Waals surface area contributed by atoms with E-state index in [1.807, 2.05) is 23.1 Å². The van der Waals surface area contributed by atoms with E-state index in [0.717, 1.165) is 44.2 Å². The summed E-state index contributed by atoms with van der Waals surface area (Å²) in [5.41, 5.74) is 1.97. The monoisotopic (exact) mass is 373 g/mol. The van der Waals surface area contributed by atoms with Crippen LogP contribution in [0.4, 0.5) is 10.5 Å². The molecule has 2 fully saturated rings. The van der Waals surface area contributed by atoms with Crippen molar-refractivity contribution in [3.8, 4) is 0 Å². The second kappa shape index (κ2) is 8.74. The van der Waals surface area contributed by atoms with Crippen molar-refractivity contribution in [3.63, 3.8) is 0 Å². The van der Waals surface area contributed by atoms with Crippen molar-refractivity contribution in [1.82, 2.24) is 10.2 Å². The van der Waals surface area contributed by atoms with Gasteiger partial charge < -0.3 is 20.3 Å². The number of para-hydroxylation sites is 1. The van der Waals surface area contributed by atoms with Gasteiger partial charge in [-0.25, -0.2) is 4.79 Å². The van der Waals surface area contributed by atoms with E-state index < -0.39 is 0 Å². The molecule has 1 spiro atoms. The van der Waals surface area contributed by atoms with E-state index in [1.54, 1.807) is 0 Å². The molecular weight excluding hydrogens is 342 g/mol. The summed E-state index contributed by atoms with van der Waals surface area (Å²) in [4.78, 5) is 25.7. The smallest absolute Gasteiger partial charge is 0.321 e. The molecule has 0 bridgehead atoms. The van der Waals surface area contributed by atoms with E-state index in [9.17, 15) is 9.59 Å². The molecule has 3 amide bonds. The van der Waals surface area contributed by atoms with Gasteiger partial charge >= 0.3 is 6.03 Å². The third kappa shape index (κ3) is 5.01. The Morgan fingerprint density at radius 3 is 2.67 bits per heavy atom. The molecule has 6 nitrogen and oxygen atoms in total. The molecule has 1 unspecified atom stereocenters. The van der Waals surface area contributed by atoms with Crippen molar-refractivity contribution in [3.05, 3.63) is 29.8 Å². The van der Waals surface area contributed by atoms with E-state index in [1.165, 1.54) is 12.5 Å². The zero-order valence-corrected chi connectivity index (χ0v) is 16.4. The van der Waals surface area contributed by atoms with E-state index >= 15 is 0 Å². The molecule has 2 aliphatic rings.